The summed E-state index contributed by atoms with van der Waals surface area (Å²) in [5.41, 5.74) is 0. The zero-order chi connectivity index (χ0) is 10.8. The molecule has 0 saturated carbocycles. The summed E-state index contributed by atoms with van der Waals surface area (Å²) in [5.74, 6) is 0.330. The summed E-state index contributed by atoms with van der Waals surface area (Å²) in [7, 11) is 0. The maximum Gasteiger partial charge on any atom is 0.132 e. The van der Waals surface area contributed by atoms with Crippen LogP contribution < -0.4 is 0 Å². The minimum Gasteiger partial charge on any atom is -0.396 e. The number of unbranched alkanes of at least 4 members (excludes halogenated alkanes) is 4. The van der Waals surface area contributed by atoms with E-state index >= 15 is 0 Å². The number of hydrogen-bond donors (Lipinski definition) is 1. The van der Waals surface area contributed by atoms with Gasteiger partial charge in [-0.25, -0.2) is 0 Å². The Morgan fingerprint density at radius 3 is 2.29 bits per heavy atom. The maximum absolute atomic E-state index is 11.1. The van der Waals surface area contributed by atoms with Crippen LogP contribution in [0.5, 0.6) is 0 Å². The fourth-order valence-electron chi connectivity index (χ4n) is 1.70. The van der Waals surface area contributed by atoms with Gasteiger partial charge in [0.2, 0.25) is 0 Å². The van der Waals surface area contributed by atoms with Crippen molar-refractivity contribution in [1.29, 1.82) is 0 Å². The first-order valence-electron chi connectivity index (χ1n) is 5.83. The van der Waals surface area contributed by atoms with Gasteiger partial charge in [0.25, 0.3) is 0 Å². The van der Waals surface area contributed by atoms with E-state index < -0.39 is 0 Å². The zero-order valence-electron chi connectivity index (χ0n) is 9.59. The lowest BCUT2D eigenvalue weighted by atomic mass is 9.94. The standard InChI is InChI=1S/C12H24O2/c1-3-4-5-6-7-8-12(9-10-13)11(2)14/h12-13H,3-10H2,1-2H3. The lowest BCUT2D eigenvalue weighted by Crippen LogP contribution is -2.12. The van der Waals surface area contributed by atoms with Crippen molar-refractivity contribution < 1.29 is 9.90 Å². The van der Waals surface area contributed by atoms with Crippen LogP contribution in [0.1, 0.15) is 58.8 Å². The van der Waals surface area contributed by atoms with Gasteiger partial charge in [0.05, 0.1) is 0 Å². The summed E-state index contributed by atoms with van der Waals surface area (Å²) >= 11 is 0. The van der Waals surface area contributed by atoms with Crippen molar-refractivity contribution >= 4 is 5.78 Å². The Labute approximate surface area is 87.7 Å². The van der Waals surface area contributed by atoms with Crippen LogP contribution in [0, 0.1) is 5.92 Å². The molecule has 0 amide bonds. The third-order valence-corrected chi connectivity index (χ3v) is 2.71. The Balaban J connectivity index is 3.46. The minimum atomic E-state index is 0.0987. The van der Waals surface area contributed by atoms with Gasteiger partial charge in [-0.1, -0.05) is 39.0 Å². The summed E-state index contributed by atoms with van der Waals surface area (Å²) < 4.78 is 0. The molecule has 0 radical (unpaired) electrons. The smallest absolute Gasteiger partial charge is 0.132 e. The van der Waals surface area contributed by atoms with Crippen LogP contribution in [0.4, 0.5) is 0 Å². The molecule has 2 nitrogen and oxygen atoms in total. The van der Waals surface area contributed by atoms with E-state index in [9.17, 15) is 4.79 Å². The fourth-order valence-corrected chi connectivity index (χ4v) is 1.70. The van der Waals surface area contributed by atoms with Gasteiger partial charge in [0.1, 0.15) is 5.78 Å². The molecule has 0 aliphatic heterocycles. The lowest BCUT2D eigenvalue weighted by molar-refractivity contribution is -0.121. The molecule has 0 saturated heterocycles. The van der Waals surface area contributed by atoms with Crippen molar-refractivity contribution in [2.24, 2.45) is 5.92 Å². The van der Waals surface area contributed by atoms with E-state index in [1.54, 1.807) is 6.92 Å². The summed E-state index contributed by atoms with van der Waals surface area (Å²) in [5, 5.41) is 8.77. The van der Waals surface area contributed by atoms with Crippen molar-refractivity contribution in [2.75, 3.05) is 6.61 Å². The van der Waals surface area contributed by atoms with Gasteiger partial charge >= 0.3 is 0 Å². The van der Waals surface area contributed by atoms with Gasteiger partial charge in [-0.05, 0) is 19.8 Å². The lowest BCUT2D eigenvalue weighted by Gasteiger charge is -2.11. The van der Waals surface area contributed by atoms with Crippen LogP contribution in [-0.2, 0) is 4.79 Å². The van der Waals surface area contributed by atoms with Gasteiger partial charge in [-0.3, -0.25) is 4.79 Å². The molecule has 0 aliphatic rings. The molecule has 1 N–H and O–H groups in total. The second kappa shape index (κ2) is 9.20. The number of hydrogen-bond acceptors (Lipinski definition) is 2. The number of aliphatic hydroxyl groups is 1. The molecule has 0 fully saturated rings. The molecule has 1 unspecified atom stereocenters. The highest BCUT2D eigenvalue weighted by atomic mass is 16.3. The van der Waals surface area contributed by atoms with Crippen molar-refractivity contribution in [2.45, 2.75) is 58.8 Å². The minimum absolute atomic E-state index is 0.0987. The molecule has 0 aliphatic carbocycles. The van der Waals surface area contributed by atoms with Crippen LogP contribution in [0.25, 0.3) is 0 Å². The first-order valence-corrected chi connectivity index (χ1v) is 5.83. The van der Waals surface area contributed by atoms with Gasteiger partial charge < -0.3 is 5.11 Å². The second-order valence-electron chi connectivity index (χ2n) is 4.02. The molecule has 14 heavy (non-hydrogen) atoms. The predicted molar refractivity (Wildman–Crippen MR) is 59.2 cm³/mol. The van der Waals surface area contributed by atoms with Gasteiger partial charge in [0, 0.05) is 12.5 Å². The average molecular weight is 200 g/mol. The maximum atomic E-state index is 11.1. The van der Waals surface area contributed by atoms with Crippen molar-refractivity contribution in [3.8, 4) is 0 Å². The van der Waals surface area contributed by atoms with Crippen LogP contribution in [0.15, 0.2) is 0 Å². The van der Waals surface area contributed by atoms with E-state index in [4.69, 9.17) is 5.11 Å². The van der Waals surface area contributed by atoms with Gasteiger partial charge in [-0.2, -0.15) is 0 Å². The van der Waals surface area contributed by atoms with E-state index in [0.717, 1.165) is 12.8 Å². The molecule has 0 aromatic heterocycles. The van der Waals surface area contributed by atoms with Crippen LogP contribution >= 0.6 is 0 Å². The summed E-state index contributed by atoms with van der Waals surface area (Å²) in [4.78, 5) is 11.1. The third kappa shape index (κ3) is 7.07. The summed E-state index contributed by atoms with van der Waals surface area (Å²) in [6.07, 6.45) is 7.79. The number of Topliss-reactive ketones (excluding diaryl/α,β-unsaturated/α-hetero) is 1. The van der Waals surface area contributed by atoms with Gasteiger partial charge in [-0.15, -0.1) is 0 Å². The first-order chi connectivity index (χ1) is 6.72. The highest BCUT2D eigenvalue weighted by molar-refractivity contribution is 5.78. The first kappa shape index (κ1) is 13.6. The number of ketones is 1. The number of rotatable bonds is 9. The summed E-state index contributed by atoms with van der Waals surface area (Å²) in [6, 6.07) is 0. The quantitative estimate of drug-likeness (QED) is 0.581. The Hall–Kier alpha value is -0.370. The van der Waals surface area contributed by atoms with E-state index in [2.05, 4.69) is 6.92 Å². The molecule has 0 spiro atoms. The van der Waals surface area contributed by atoms with E-state index in [1.807, 2.05) is 0 Å². The Bertz CT molecular complexity index is 143. The Kier molecular flexibility index (Phi) is 8.95. The molecule has 0 heterocycles. The van der Waals surface area contributed by atoms with Crippen LogP contribution in [-0.4, -0.2) is 17.5 Å². The largest absolute Gasteiger partial charge is 0.396 e. The van der Waals surface area contributed by atoms with E-state index in [-0.39, 0.29) is 18.3 Å². The topological polar surface area (TPSA) is 37.3 Å². The Morgan fingerprint density at radius 2 is 1.79 bits per heavy atom. The number of carbonyl (C=O) groups excluding carboxylic acids is 1. The highest BCUT2D eigenvalue weighted by Crippen LogP contribution is 2.15. The summed E-state index contributed by atoms with van der Waals surface area (Å²) in [6.45, 7) is 3.97. The normalized spacial score (nSPS) is 12.8. The van der Waals surface area contributed by atoms with Crippen LogP contribution in [0.2, 0.25) is 0 Å². The molecule has 0 aromatic rings. The van der Waals surface area contributed by atoms with Crippen LogP contribution in [0.3, 0.4) is 0 Å². The average Bonchev–Trinajstić information content (AvgIpc) is 2.15. The second-order valence-corrected chi connectivity index (χ2v) is 4.02. The van der Waals surface area contributed by atoms with Crippen molar-refractivity contribution in [3.63, 3.8) is 0 Å². The van der Waals surface area contributed by atoms with Crippen molar-refractivity contribution in [3.05, 3.63) is 0 Å². The van der Waals surface area contributed by atoms with Crippen molar-refractivity contribution in [1.82, 2.24) is 0 Å². The van der Waals surface area contributed by atoms with E-state index in [1.165, 1.54) is 25.7 Å². The molecule has 0 bridgehead atoms. The molecule has 0 rings (SSSR count). The molecular formula is C12H24O2. The predicted octanol–water partition coefficient (Wildman–Crippen LogP) is 2.93. The monoisotopic (exact) mass is 200 g/mol. The third-order valence-electron chi connectivity index (χ3n) is 2.71. The number of carbonyl (C=O) groups is 1. The van der Waals surface area contributed by atoms with Gasteiger partial charge in [0.15, 0.2) is 0 Å². The SMILES string of the molecule is CCCCCCCC(CCO)C(C)=O. The van der Waals surface area contributed by atoms with E-state index in [0.29, 0.717) is 6.42 Å². The Morgan fingerprint density at radius 1 is 1.14 bits per heavy atom. The zero-order valence-corrected chi connectivity index (χ0v) is 9.59. The molecule has 84 valence electrons. The number of aliphatic hydroxyl groups excluding tert-OH is 1. The molecular weight excluding hydrogens is 176 g/mol. The fraction of sp³-hybridized carbons (Fsp3) is 0.917. The highest BCUT2D eigenvalue weighted by Gasteiger charge is 2.12. The molecule has 2 heteroatoms. The molecule has 0 aromatic carbocycles. The molecule has 1 atom stereocenters.